The Kier molecular flexibility index (Phi) is 5.27. The minimum Gasteiger partial charge on any atom is -0.462 e. The van der Waals surface area contributed by atoms with E-state index < -0.39 is 0 Å². The van der Waals surface area contributed by atoms with E-state index in [0.29, 0.717) is 0 Å². The Balaban J connectivity index is 1.74. The standard InChI is InChI=1S/C15H20N2O4/c1-12(18)21-15-7-10-16(11-8-15)9-6-13-2-4-14(5-3-13)17(19)20/h2-5,15H,6-11H2,1H3. The van der Waals surface area contributed by atoms with Crippen LogP contribution in [-0.4, -0.2) is 41.5 Å². The predicted octanol–water partition coefficient (Wildman–Crippen LogP) is 2.16. The zero-order valence-electron chi connectivity index (χ0n) is 12.2. The molecule has 1 heterocycles. The SMILES string of the molecule is CC(=O)OC1CCN(CCc2ccc([N+](=O)[O-])cc2)CC1. The third kappa shape index (κ3) is 4.82. The quantitative estimate of drug-likeness (QED) is 0.472. The molecule has 0 amide bonds. The van der Waals surface area contributed by atoms with Crippen molar-refractivity contribution in [3.8, 4) is 0 Å². The second-order valence-electron chi connectivity index (χ2n) is 5.32. The maximum absolute atomic E-state index is 10.9. The largest absolute Gasteiger partial charge is 0.462 e. The van der Waals surface area contributed by atoms with Gasteiger partial charge in [0.25, 0.3) is 5.69 Å². The molecule has 6 heteroatoms. The summed E-state index contributed by atoms with van der Waals surface area (Å²) in [7, 11) is 0. The van der Waals surface area contributed by atoms with E-state index in [0.717, 1.165) is 44.5 Å². The maximum Gasteiger partial charge on any atom is 0.302 e. The van der Waals surface area contributed by atoms with Gasteiger partial charge in [-0.25, -0.2) is 0 Å². The van der Waals surface area contributed by atoms with Crippen LogP contribution >= 0.6 is 0 Å². The Morgan fingerprint density at radius 1 is 1.33 bits per heavy atom. The Hall–Kier alpha value is -1.95. The van der Waals surface area contributed by atoms with Gasteiger partial charge in [0, 0.05) is 38.7 Å². The van der Waals surface area contributed by atoms with Crippen LogP contribution < -0.4 is 0 Å². The lowest BCUT2D eigenvalue weighted by molar-refractivity contribution is -0.384. The van der Waals surface area contributed by atoms with Crippen LogP contribution in [-0.2, 0) is 16.0 Å². The molecular weight excluding hydrogens is 272 g/mol. The van der Waals surface area contributed by atoms with Gasteiger partial charge in [0.2, 0.25) is 0 Å². The number of hydrogen-bond acceptors (Lipinski definition) is 5. The van der Waals surface area contributed by atoms with Gasteiger partial charge in [-0.15, -0.1) is 0 Å². The van der Waals surface area contributed by atoms with Crippen molar-refractivity contribution >= 4 is 11.7 Å². The van der Waals surface area contributed by atoms with Crippen molar-refractivity contribution in [2.24, 2.45) is 0 Å². The van der Waals surface area contributed by atoms with Gasteiger partial charge in [0.15, 0.2) is 0 Å². The van der Waals surface area contributed by atoms with E-state index in [9.17, 15) is 14.9 Å². The van der Waals surface area contributed by atoms with Crippen molar-refractivity contribution in [1.29, 1.82) is 0 Å². The summed E-state index contributed by atoms with van der Waals surface area (Å²) in [5, 5.41) is 10.6. The van der Waals surface area contributed by atoms with Gasteiger partial charge in [0.05, 0.1) is 4.92 Å². The number of nitro benzene ring substituents is 1. The fourth-order valence-electron chi connectivity index (χ4n) is 2.56. The minimum absolute atomic E-state index is 0.0538. The normalized spacial score (nSPS) is 16.6. The summed E-state index contributed by atoms with van der Waals surface area (Å²) in [6, 6.07) is 6.71. The lowest BCUT2D eigenvalue weighted by Crippen LogP contribution is -2.38. The second-order valence-corrected chi connectivity index (χ2v) is 5.32. The molecule has 0 saturated carbocycles. The van der Waals surface area contributed by atoms with E-state index >= 15 is 0 Å². The molecule has 0 atom stereocenters. The lowest BCUT2D eigenvalue weighted by atomic mass is 10.1. The zero-order chi connectivity index (χ0) is 15.2. The second kappa shape index (κ2) is 7.17. The number of carbonyl (C=O) groups is 1. The topological polar surface area (TPSA) is 72.7 Å². The van der Waals surface area contributed by atoms with Crippen molar-refractivity contribution < 1.29 is 14.5 Å². The molecule has 0 N–H and O–H groups in total. The van der Waals surface area contributed by atoms with Crippen LogP contribution in [0.25, 0.3) is 0 Å². The minimum atomic E-state index is -0.385. The van der Waals surface area contributed by atoms with Crippen LogP contribution in [0.4, 0.5) is 5.69 Å². The van der Waals surface area contributed by atoms with Crippen molar-refractivity contribution in [2.45, 2.75) is 32.3 Å². The average Bonchev–Trinajstić information content (AvgIpc) is 2.46. The van der Waals surface area contributed by atoms with Crippen molar-refractivity contribution in [3.05, 3.63) is 39.9 Å². The van der Waals surface area contributed by atoms with Crippen molar-refractivity contribution in [2.75, 3.05) is 19.6 Å². The van der Waals surface area contributed by atoms with Crippen LogP contribution in [0.2, 0.25) is 0 Å². The zero-order valence-corrected chi connectivity index (χ0v) is 12.2. The third-order valence-electron chi connectivity index (χ3n) is 3.73. The molecule has 1 aliphatic rings. The molecule has 0 bridgehead atoms. The first kappa shape index (κ1) is 15.4. The van der Waals surface area contributed by atoms with Gasteiger partial charge in [-0.05, 0) is 24.8 Å². The van der Waals surface area contributed by atoms with Gasteiger partial charge in [-0.2, -0.15) is 0 Å². The summed E-state index contributed by atoms with van der Waals surface area (Å²) in [5.41, 5.74) is 1.23. The molecule has 6 nitrogen and oxygen atoms in total. The number of piperidine rings is 1. The van der Waals surface area contributed by atoms with Gasteiger partial charge in [0.1, 0.15) is 6.10 Å². The summed E-state index contributed by atoms with van der Waals surface area (Å²) in [4.78, 5) is 23.4. The van der Waals surface area contributed by atoms with E-state index in [-0.39, 0.29) is 22.7 Å². The third-order valence-corrected chi connectivity index (χ3v) is 3.73. The lowest BCUT2D eigenvalue weighted by Gasteiger charge is -2.31. The summed E-state index contributed by atoms with van der Waals surface area (Å²) in [6.45, 7) is 4.21. The first-order valence-corrected chi connectivity index (χ1v) is 7.17. The monoisotopic (exact) mass is 292 g/mol. The smallest absolute Gasteiger partial charge is 0.302 e. The highest BCUT2D eigenvalue weighted by atomic mass is 16.6. The van der Waals surface area contributed by atoms with Crippen molar-refractivity contribution in [3.63, 3.8) is 0 Å². The van der Waals surface area contributed by atoms with E-state index in [4.69, 9.17) is 4.74 Å². The molecule has 21 heavy (non-hydrogen) atoms. The Labute approximate surface area is 123 Å². The summed E-state index contributed by atoms with van der Waals surface area (Å²) in [6.07, 6.45) is 2.67. The molecule has 0 aromatic heterocycles. The van der Waals surface area contributed by atoms with Crippen LogP contribution in [0.1, 0.15) is 25.3 Å². The molecule has 1 saturated heterocycles. The molecule has 1 aromatic carbocycles. The summed E-state index contributed by atoms with van der Waals surface area (Å²) >= 11 is 0. The van der Waals surface area contributed by atoms with Crippen LogP contribution in [0.3, 0.4) is 0 Å². The molecule has 114 valence electrons. The van der Waals surface area contributed by atoms with E-state index in [1.54, 1.807) is 12.1 Å². The van der Waals surface area contributed by atoms with E-state index in [1.165, 1.54) is 6.92 Å². The molecule has 0 unspecified atom stereocenters. The average molecular weight is 292 g/mol. The number of rotatable bonds is 5. The Morgan fingerprint density at radius 3 is 2.48 bits per heavy atom. The van der Waals surface area contributed by atoms with Crippen molar-refractivity contribution in [1.82, 2.24) is 4.90 Å². The highest BCUT2D eigenvalue weighted by molar-refractivity contribution is 5.66. The van der Waals surface area contributed by atoms with Gasteiger partial charge < -0.3 is 9.64 Å². The number of nitro groups is 1. The van der Waals surface area contributed by atoms with E-state index in [1.807, 2.05) is 12.1 Å². The van der Waals surface area contributed by atoms with Crippen LogP contribution in [0.15, 0.2) is 24.3 Å². The highest BCUT2D eigenvalue weighted by Crippen LogP contribution is 2.16. The number of non-ortho nitro benzene ring substituents is 1. The molecule has 1 aromatic rings. The number of nitrogens with zero attached hydrogens (tertiary/aromatic N) is 2. The molecule has 1 aliphatic heterocycles. The molecule has 1 fully saturated rings. The number of carbonyl (C=O) groups excluding carboxylic acids is 1. The Bertz CT molecular complexity index is 493. The molecular formula is C15H20N2O4. The summed E-state index contributed by atoms with van der Waals surface area (Å²) in [5.74, 6) is -0.209. The first-order chi connectivity index (χ1) is 10.0. The maximum atomic E-state index is 10.9. The number of benzene rings is 1. The molecule has 0 aliphatic carbocycles. The number of likely N-dealkylation sites (tertiary alicyclic amines) is 1. The van der Waals surface area contributed by atoms with Gasteiger partial charge in [-0.1, -0.05) is 12.1 Å². The van der Waals surface area contributed by atoms with Gasteiger partial charge in [-0.3, -0.25) is 14.9 Å². The fourth-order valence-corrected chi connectivity index (χ4v) is 2.56. The molecule has 0 radical (unpaired) electrons. The number of hydrogen-bond donors (Lipinski definition) is 0. The Morgan fingerprint density at radius 2 is 1.95 bits per heavy atom. The molecule has 0 spiro atoms. The van der Waals surface area contributed by atoms with Crippen LogP contribution in [0, 0.1) is 10.1 Å². The molecule has 2 rings (SSSR count). The first-order valence-electron chi connectivity index (χ1n) is 7.17. The van der Waals surface area contributed by atoms with Gasteiger partial charge >= 0.3 is 5.97 Å². The van der Waals surface area contributed by atoms with Crippen LogP contribution in [0.5, 0.6) is 0 Å². The fraction of sp³-hybridized carbons (Fsp3) is 0.533. The highest BCUT2D eigenvalue weighted by Gasteiger charge is 2.20. The summed E-state index contributed by atoms with van der Waals surface area (Å²) < 4.78 is 5.21. The van der Waals surface area contributed by atoms with E-state index in [2.05, 4.69) is 4.90 Å². The number of ether oxygens (including phenoxy) is 1. The number of esters is 1. The predicted molar refractivity (Wildman–Crippen MR) is 78.0 cm³/mol.